The Bertz CT molecular complexity index is 953. The maximum atomic E-state index is 13.6. The Kier molecular flexibility index (Phi) is 4.65. The van der Waals surface area contributed by atoms with Crippen molar-refractivity contribution in [1.29, 1.82) is 0 Å². The van der Waals surface area contributed by atoms with Gasteiger partial charge in [0.05, 0.1) is 12.6 Å². The number of rotatable bonds is 4. The SMILES string of the molecule is COC(=O)c1cc(OCc2cc(C)ccc2C)c2cc(F)ccc2n1. The molecule has 3 aromatic rings. The molecule has 0 amide bonds. The number of methoxy groups -OCH3 is 1. The number of ether oxygens (including phenoxy) is 2. The van der Waals surface area contributed by atoms with Gasteiger partial charge >= 0.3 is 5.97 Å². The lowest BCUT2D eigenvalue weighted by atomic mass is 10.1. The van der Waals surface area contributed by atoms with E-state index in [0.717, 1.165) is 16.7 Å². The molecule has 0 aliphatic heterocycles. The third-order valence-electron chi connectivity index (χ3n) is 4.02. The van der Waals surface area contributed by atoms with Gasteiger partial charge in [-0.3, -0.25) is 0 Å². The summed E-state index contributed by atoms with van der Waals surface area (Å²) in [6.07, 6.45) is 0. The highest BCUT2D eigenvalue weighted by molar-refractivity contribution is 5.94. The Morgan fingerprint density at radius 1 is 1.12 bits per heavy atom. The molecule has 3 rings (SSSR count). The van der Waals surface area contributed by atoms with E-state index in [1.165, 1.54) is 31.4 Å². The van der Waals surface area contributed by atoms with Crippen molar-refractivity contribution in [2.45, 2.75) is 20.5 Å². The number of benzene rings is 2. The lowest BCUT2D eigenvalue weighted by molar-refractivity contribution is 0.0594. The first kappa shape index (κ1) is 16.9. The van der Waals surface area contributed by atoms with E-state index >= 15 is 0 Å². The summed E-state index contributed by atoms with van der Waals surface area (Å²) in [6, 6.07) is 11.7. The molecular formula is C20H18FNO3. The van der Waals surface area contributed by atoms with Gasteiger partial charge in [0.2, 0.25) is 0 Å². The van der Waals surface area contributed by atoms with Crippen LogP contribution in [0.3, 0.4) is 0 Å². The molecule has 0 bridgehead atoms. The molecular weight excluding hydrogens is 321 g/mol. The van der Waals surface area contributed by atoms with Crippen molar-refractivity contribution in [2.75, 3.05) is 7.11 Å². The first-order valence-electron chi connectivity index (χ1n) is 7.85. The summed E-state index contributed by atoms with van der Waals surface area (Å²) in [4.78, 5) is 16.0. The van der Waals surface area contributed by atoms with E-state index < -0.39 is 11.8 Å². The molecule has 0 saturated carbocycles. The van der Waals surface area contributed by atoms with Gasteiger partial charge in [-0.1, -0.05) is 23.8 Å². The van der Waals surface area contributed by atoms with E-state index in [1.807, 2.05) is 32.0 Å². The number of hydrogen-bond acceptors (Lipinski definition) is 4. The number of nitrogens with zero attached hydrogens (tertiary/aromatic N) is 1. The molecule has 128 valence electrons. The first-order valence-corrected chi connectivity index (χ1v) is 7.85. The zero-order chi connectivity index (χ0) is 18.0. The van der Waals surface area contributed by atoms with Gasteiger partial charge in [0.1, 0.15) is 18.2 Å². The molecule has 2 aromatic carbocycles. The number of pyridine rings is 1. The average molecular weight is 339 g/mol. The van der Waals surface area contributed by atoms with Crippen LogP contribution in [0.4, 0.5) is 4.39 Å². The molecule has 4 nitrogen and oxygen atoms in total. The number of aryl methyl sites for hydroxylation is 2. The maximum absolute atomic E-state index is 13.6. The molecule has 1 heterocycles. The van der Waals surface area contributed by atoms with Gasteiger partial charge in [-0.25, -0.2) is 14.2 Å². The Labute approximate surface area is 145 Å². The molecule has 0 N–H and O–H groups in total. The van der Waals surface area contributed by atoms with Gasteiger partial charge in [-0.2, -0.15) is 0 Å². The van der Waals surface area contributed by atoms with Crippen molar-refractivity contribution >= 4 is 16.9 Å². The summed E-state index contributed by atoms with van der Waals surface area (Å²) in [5, 5.41) is 0.512. The van der Waals surface area contributed by atoms with Crippen LogP contribution in [0.2, 0.25) is 0 Å². The third kappa shape index (κ3) is 3.60. The summed E-state index contributed by atoms with van der Waals surface area (Å²) in [6.45, 7) is 4.32. The highest BCUT2D eigenvalue weighted by Gasteiger charge is 2.14. The summed E-state index contributed by atoms with van der Waals surface area (Å²) < 4.78 is 24.3. The number of carbonyl (C=O) groups excluding carboxylic acids is 1. The quantitative estimate of drug-likeness (QED) is 0.663. The highest BCUT2D eigenvalue weighted by atomic mass is 19.1. The monoisotopic (exact) mass is 339 g/mol. The van der Waals surface area contributed by atoms with Crippen molar-refractivity contribution in [1.82, 2.24) is 4.98 Å². The van der Waals surface area contributed by atoms with Gasteiger partial charge in [0, 0.05) is 11.5 Å². The van der Waals surface area contributed by atoms with Crippen molar-refractivity contribution in [3.63, 3.8) is 0 Å². The fourth-order valence-corrected chi connectivity index (χ4v) is 2.61. The second kappa shape index (κ2) is 6.89. The van der Waals surface area contributed by atoms with Crippen LogP contribution in [0.5, 0.6) is 5.75 Å². The van der Waals surface area contributed by atoms with Gasteiger partial charge in [-0.15, -0.1) is 0 Å². The lowest BCUT2D eigenvalue weighted by Gasteiger charge is -2.13. The first-order chi connectivity index (χ1) is 12.0. The van der Waals surface area contributed by atoms with Crippen LogP contribution in [0.15, 0.2) is 42.5 Å². The van der Waals surface area contributed by atoms with Crippen molar-refractivity contribution in [3.8, 4) is 5.75 Å². The van der Waals surface area contributed by atoms with E-state index in [4.69, 9.17) is 9.47 Å². The Hall–Kier alpha value is -2.95. The van der Waals surface area contributed by atoms with Crippen LogP contribution in [0.1, 0.15) is 27.2 Å². The molecule has 25 heavy (non-hydrogen) atoms. The maximum Gasteiger partial charge on any atom is 0.356 e. The van der Waals surface area contributed by atoms with Crippen LogP contribution in [-0.4, -0.2) is 18.1 Å². The van der Waals surface area contributed by atoms with Crippen LogP contribution in [-0.2, 0) is 11.3 Å². The fourth-order valence-electron chi connectivity index (χ4n) is 2.61. The second-order valence-corrected chi connectivity index (χ2v) is 5.88. The summed E-state index contributed by atoms with van der Waals surface area (Å²) in [5.41, 5.74) is 3.85. The summed E-state index contributed by atoms with van der Waals surface area (Å²) in [7, 11) is 1.29. The van der Waals surface area contributed by atoms with Crippen molar-refractivity contribution in [2.24, 2.45) is 0 Å². The van der Waals surface area contributed by atoms with Crippen LogP contribution in [0, 0.1) is 19.7 Å². The van der Waals surface area contributed by atoms with E-state index in [2.05, 4.69) is 4.98 Å². The molecule has 0 radical (unpaired) electrons. The van der Waals surface area contributed by atoms with Crippen molar-refractivity contribution in [3.05, 3.63) is 70.7 Å². The summed E-state index contributed by atoms with van der Waals surface area (Å²) in [5.74, 6) is -0.565. The van der Waals surface area contributed by atoms with Crippen molar-refractivity contribution < 1.29 is 18.7 Å². The number of fused-ring (bicyclic) bond motifs is 1. The number of halogens is 1. The van der Waals surface area contributed by atoms with Gasteiger partial charge < -0.3 is 9.47 Å². The second-order valence-electron chi connectivity index (χ2n) is 5.88. The van der Waals surface area contributed by atoms with E-state index in [-0.39, 0.29) is 5.69 Å². The molecule has 5 heteroatoms. The smallest absolute Gasteiger partial charge is 0.356 e. The normalized spacial score (nSPS) is 10.7. The van der Waals surface area contributed by atoms with Crippen LogP contribution >= 0.6 is 0 Å². The number of hydrogen-bond donors (Lipinski definition) is 0. The molecule has 0 atom stereocenters. The largest absolute Gasteiger partial charge is 0.488 e. The minimum atomic E-state index is -0.567. The standard InChI is InChI=1S/C20H18FNO3/c1-12-4-5-13(2)14(8-12)11-25-19-10-18(20(23)24-3)22-17-7-6-15(21)9-16(17)19/h4-10H,11H2,1-3H3. The summed E-state index contributed by atoms with van der Waals surface area (Å²) >= 11 is 0. The zero-order valence-electron chi connectivity index (χ0n) is 14.3. The minimum Gasteiger partial charge on any atom is -0.488 e. The minimum absolute atomic E-state index is 0.123. The Morgan fingerprint density at radius 2 is 1.92 bits per heavy atom. The average Bonchev–Trinajstić information content (AvgIpc) is 2.61. The van der Waals surface area contributed by atoms with Gasteiger partial charge in [0.25, 0.3) is 0 Å². The topological polar surface area (TPSA) is 48.4 Å². The molecule has 0 saturated heterocycles. The number of carbonyl (C=O) groups is 1. The molecule has 1 aromatic heterocycles. The lowest BCUT2D eigenvalue weighted by Crippen LogP contribution is -2.06. The van der Waals surface area contributed by atoms with E-state index in [9.17, 15) is 9.18 Å². The van der Waals surface area contributed by atoms with Gasteiger partial charge in [-0.05, 0) is 43.2 Å². The van der Waals surface area contributed by atoms with E-state index in [0.29, 0.717) is 23.3 Å². The molecule has 0 aliphatic carbocycles. The molecule has 0 aliphatic rings. The van der Waals surface area contributed by atoms with E-state index in [1.54, 1.807) is 0 Å². The molecule has 0 unspecified atom stereocenters. The predicted octanol–water partition coefficient (Wildman–Crippen LogP) is 4.36. The van der Waals surface area contributed by atoms with Gasteiger partial charge in [0.15, 0.2) is 5.69 Å². The fraction of sp³-hybridized carbons (Fsp3) is 0.200. The Balaban J connectivity index is 2.02. The molecule has 0 spiro atoms. The Morgan fingerprint density at radius 3 is 2.68 bits per heavy atom. The zero-order valence-corrected chi connectivity index (χ0v) is 14.3. The predicted molar refractivity (Wildman–Crippen MR) is 93.3 cm³/mol. The van der Waals surface area contributed by atoms with Crippen LogP contribution < -0.4 is 4.74 Å². The highest BCUT2D eigenvalue weighted by Crippen LogP contribution is 2.28. The number of esters is 1. The molecule has 0 fully saturated rings. The van der Waals surface area contributed by atoms with Crippen LogP contribution in [0.25, 0.3) is 10.9 Å². The third-order valence-corrected chi connectivity index (χ3v) is 4.02. The number of aromatic nitrogens is 1.